The quantitative estimate of drug-likeness (QED) is 0.438. The van der Waals surface area contributed by atoms with Crippen LogP contribution < -0.4 is 0 Å². The molecule has 3 heteroatoms. The van der Waals surface area contributed by atoms with Crippen molar-refractivity contribution in [2.75, 3.05) is 0 Å². The molecule has 0 aromatic heterocycles. The molecule has 0 aromatic rings. The van der Waals surface area contributed by atoms with Crippen molar-refractivity contribution in [3.05, 3.63) is 33.8 Å². The Kier molecular flexibility index (Phi) is 4.02. The van der Waals surface area contributed by atoms with Gasteiger partial charge in [0.1, 0.15) is 0 Å². The van der Waals surface area contributed by atoms with Gasteiger partial charge in [0, 0.05) is 0 Å². The average molecular weight is 345 g/mol. The van der Waals surface area contributed by atoms with Crippen molar-refractivity contribution in [2.24, 2.45) is 0 Å². The summed E-state index contributed by atoms with van der Waals surface area (Å²) in [5, 5.41) is 6.24. The van der Waals surface area contributed by atoms with E-state index in [1.807, 2.05) is 5.20 Å². The summed E-state index contributed by atoms with van der Waals surface area (Å²) in [6.45, 7) is 8.19. The Labute approximate surface area is 141 Å². The molecule has 22 heavy (non-hydrogen) atoms. The monoisotopic (exact) mass is 344 g/mol. The van der Waals surface area contributed by atoms with E-state index in [-0.39, 0.29) is 0 Å². The summed E-state index contributed by atoms with van der Waals surface area (Å²) >= 11 is 0. The summed E-state index contributed by atoms with van der Waals surface area (Å²) in [6.07, 6.45) is 20.1. The van der Waals surface area contributed by atoms with Crippen LogP contribution in [0.4, 0.5) is 0 Å². The summed E-state index contributed by atoms with van der Waals surface area (Å²) in [5.74, 6) is 0. The molecule has 0 amide bonds. The molecule has 1 saturated heterocycles. The van der Waals surface area contributed by atoms with Crippen LogP contribution in [0.2, 0.25) is 29.8 Å². The van der Waals surface area contributed by atoms with Gasteiger partial charge in [-0.15, -0.1) is 0 Å². The highest BCUT2D eigenvalue weighted by Crippen LogP contribution is 2.60. The highest BCUT2D eigenvalue weighted by Gasteiger charge is 2.55. The topological polar surface area (TPSA) is 0 Å². The van der Waals surface area contributed by atoms with Crippen molar-refractivity contribution in [2.45, 2.75) is 81.2 Å². The summed E-state index contributed by atoms with van der Waals surface area (Å²) in [5.41, 5.74) is 1.09. The fourth-order valence-electron chi connectivity index (χ4n) is 6.26. The molecule has 0 saturated carbocycles. The Morgan fingerprint density at radius 2 is 1.91 bits per heavy atom. The molecule has 0 aromatic carbocycles. The molecular weight excluding hydrogens is 312 g/mol. The summed E-state index contributed by atoms with van der Waals surface area (Å²) in [6, 6.07) is 0. The van der Waals surface area contributed by atoms with Crippen LogP contribution in [-0.2, 0) is 0 Å². The van der Waals surface area contributed by atoms with Crippen LogP contribution in [-0.4, -0.2) is 26.4 Å². The van der Waals surface area contributed by atoms with E-state index in [1.54, 1.807) is 6.42 Å². The van der Waals surface area contributed by atoms with Gasteiger partial charge in [0.05, 0.1) is 26.4 Å². The zero-order valence-electron chi connectivity index (χ0n) is 14.7. The third-order valence-corrected chi connectivity index (χ3v) is 22.1. The zero-order valence-corrected chi connectivity index (χ0v) is 18.2. The van der Waals surface area contributed by atoms with Crippen molar-refractivity contribution < 1.29 is 0 Å². The van der Waals surface area contributed by atoms with Gasteiger partial charge in [0.25, 0.3) is 0 Å². The molecule has 4 aliphatic rings. The first-order valence-corrected chi connectivity index (χ1v) is 16.8. The summed E-state index contributed by atoms with van der Waals surface area (Å²) in [7, 11) is -2.33. The van der Waals surface area contributed by atoms with Crippen LogP contribution in [0, 0.1) is 0 Å². The van der Waals surface area contributed by atoms with Gasteiger partial charge < -0.3 is 0 Å². The zero-order chi connectivity index (χ0) is 15.3. The molecule has 5 atom stereocenters. The highest BCUT2D eigenvalue weighted by atomic mass is 28.3. The van der Waals surface area contributed by atoms with Crippen molar-refractivity contribution in [3.63, 3.8) is 0 Å². The van der Waals surface area contributed by atoms with E-state index in [4.69, 9.17) is 0 Å². The maximum atomic E-state index is 2.95. The van der Waals surface area contributed by atoms with Crippen molar-refractivity contribution in [1.29, 1.82) is 0 Å². The Hall–Kier alpha value is -0.129. The van der Waals surface area contributed by atoms with Crippen molar-refractivity contribution in [3.8, 4) is 0 Å². The van der Waals surface area contributed by atoms with Crippen molar-refractivity contribution in [1.82, 2.24) is 0 Å². The molecule has 2 heterocycles. The molecule has 0 radical (unpaired) electrons. The molecule has 0 nitrogen and oxygen atoms in total. The van der Waals surface area contributed by atoms with Gasteiger partial charge in [0.15, 0.2) is 0 Å². The second-order valence-corrected chi connectivity index (χ2v) is 18.4. The third-order valence-electron chi connectivity index (χ3n) is 7.60. The van der Waals surface area contributed by atoms with E-state index in [2.05, 4.69) is 48.3 Å². The molecule has 1 spiro atoms. The van der Waals surface area contributed by atoms with E-state index in [1.165, 1.54) is 44.9 Å². The minimum Gasteiger partial charge on any atom is -0.0882 e. The predicted octanol–water partition coefficient (Wildman–Crippen LogP) is 4.78. The normalized spacial score (nSPS) is 46.0. The van der Waals surface area contributed by atoms with Gasteiger partial charge in [0.2, 0.25) is 0 Å². The maximum absolute atomic E-state index is 2.95. The average Bonchev–Trinajstić information content (AvgIpc) is 2.57. The predicted molar refractivity (Wildman–Crippen MR) is 107 cm³/mol. The van der Waals surface area contributed by atoms with Gasteiger partial charge in [-0.05, 0) is 48.7 Å². The van der Waals surface area contributed by atoms with Crippen LogP contribution >= 0.6 is 0 Å². The molecule has 2 aliphatic carbocycles. The number of rotatable bonds is 0. The SMILES string of the molecule is C[SiH]1C2=CC3(/C=C\CCC2)[SiH](C)C2=C1CCCCCC2[SiH]3C. The minimum atomic E-state index is -0.803. The highest BCUT2D eigenvalue weighted by molar-refractivity contribution is 6.96. The Morgan fingerprint density at radius 3 is 2.77 bits per heavy atom. The van der Waals surface area contributed by atoms with Crippen LogP contribution in [0.3, 0.4) is 0 Å². The lowest BCUT2D eigenvalue weighted by atomic mass is 10.1. The van der Waals surface area contributed by atoms with E-state index >= 15 is 0 Å². The smallest absolute Gasteiger partial charge is 0.0882 e. The fraction of sp³-hybridized carbons (Fsp3) is 0.684. The van der Waals surface area contributed by atoms with Gasteiger partial charge in [-0.1, -0.05) is 66.3 Å². The van der Waals surface area contributed by atoms with Crippen LogP contribution in [0.5, 0.6) is 0 Å². The van der Waals surface area contributed by atoms with E-state index < -0.39 is 26.4 Å². The second kappa shape index (κ2) is 5.75. The van der Waals surface area contributed by atoms with Crippen LogP contribution in [0.25, 0.3) is 0 Å². The largest absolute Gasteiger partial charge is 0.0885 e. The van der Waals surface area contributed by atoms with Gasteiger partial charge in [-0.3, -0.25) is 0 Å². The molecule has 120 valence electrons. The third kappa shape index (κ3) is 2.11. The standard InChI is InChI=1S/C19H32Si3/c1-20-15-10-6-5-9-13-19(14-15)21(2)17-12-8-4-7-11-16(20)18(17)22(19)3/h9,13-14,17,20-22H,4-8,10-12H2,1-3H3/b13-9-. The van der Waals surface area contributed by atoms with Gasteiger partial charge >= 0.3 is 0 Å². The molecule has 2 aliphatic heterocycles. The lowest BCUT2D eigenvalue weighted by Crippen LogP contribution is -2.33. The van der Waals surface area contributed by atoms with E-state index in [9.17, 15) is 0 Å². The first kappa shape index (κ1) is 15.4. The van der Waals surface area contributed by atoms with Crippen LogP contribution in [0.15, 0.2) is 33.8 Å². The maximum Gasteiger partial charge on any atom is 0.0885 e. The Balaban J connectivity index is 1.94. The molecule has 5 unspecified atom stereocenters. The molecular formula is C19H32Si3. The van der Waals surface area contributed by atoms with Gasteiger partial charge in [-0.25, -0.2) is 0 Å². The lowest BCUT2D eigenvalue weighted by Gasteiger charge is -2.35. The van der Waals surface area contributed by atoms with E-state index in [0.29, 0.717) is 4.66 Å². The first-order chi connectivity index (χ1) is 10.6. The summed E-state index contributed by atoms with van der Waals surface area (Å²) < 4.78 is 0.642. The van der Waals surface area contributed by atoms with Crippen molar-refractivity contribution >= 4 is 26.4 Å². The second-order valence-electron chi connectivity index (χ2n) is 8.43. The first-order valence-electron chi connectivity index (χ1n) is 9.77. The van der Waals surface area contributed by atoms with Gasteiger partial charge in [-0.2, -0.15) is 0 Å². The number of hydrogen-bond donors (Lipinski definition) is 0. The molecule has 1 fully saturated rings. The molecule has 4 rings (SSSR count). The number of hydrogen-bond acceptors (Lipinski definition) is 0. The number of allylic oxidation sites excluding steroid dienone is 6. The summed E-state index contributed by atoms with van der Waals surface area (Å²) in [4.78, 5) is 0. The Bertz CT molecular complexity index is 559. The molecule has 3 bridgehead atoms. The lowest BCUT2D eigenvalue weighted by molar-refractivity contribution is 0.624. The van der Waals surface area contributed by atoms with E-state index in [0.717, 1.165) is 5.54 Å². The molecule has 0 N–H and O–H groups in total. The fourth-order valence-corrected chi connectivity index (χ4v) is 23.5. The van der Waals surface area contributed by atoms with Crippen LogP contribution in [0.1, 0.15) is 51.4 Å². The Morgan fingerprint density at radius 1 is 1.05 bits per heavy atom. The minimum absolute atomic E-state index is 0.642.